The van der Waals surface area contributed by atoms with Crippen LogP contribution in [0.5, 0.6) is 0 Å². The molecule has 1 aromatic carbocycles. The topological polar surface area (TPSA) is 38.7 Å². The van der Waals surface area contributed by atoms with E-state index in [1.165, 1.54) is 0 Å². The zero-order valence-corrected chi connectivity index (χ0v) is 12.7. The van der Waals surface area contributed by atoms with Gasteiger partial charge in [0.25, 0.3) is 0 Å². The minimum absolute atomic E-state index is 0.0553. The van der Waals surface area contributed by atoms with E-state index in [4.69, 9.17) is 8.85 Å². The lowest BCUT2D eigenvalue weighted by Crippen LogP contribution is -2.40. The minimum Gasteiger partial charge on any atom is -0.390 e. The van der Waals surface area contributed by atoms with Crippen LogP contribution in [0.25, 0.3) is 0 Å². The lowest BCUT2D eigenvalue weighted by molar-refractivity contribution is -0.143. The molecule has 0 bridgehead atoms. The highest BCUT2D eigenvalue weighted by atomic mass is 28.4. The Bertz CT molecular complexity index is 478. The van der Waals surface area contributed by atoms with E-state index in [1.54, 1.807) is 0 Å². The first-order chi connectivity index (χ1) is 9.91. The summed E-state index contributed by atoms with van der Waals surface area (Å²) in [7, 11) is -1.26. The molecule has 0 amide bonds. The predicted octanol–water partition coefficient (Wildman–Crippen LogP) is 3.49. The molecule has 0 aromatic heterocycles. The average Bonchev–Trinajstić information content (AvgIpc) is 2.42. The second-order valence-corrected chi connectivity index (χ2v) is 7.28. The Morgan fingerprint density at radius 1 is 0.909 bits per heavy atom. The summed E-state index contributed by atoms with van der Waals surface area (Å²) < 4.78 is 85.6. The smallest absolute Gasteiger partial charge is 0.390 e. The Morgan fingerprint density at radius 2 is 1.32 bits per heavy atom. The van der Waals surface area contributed by atoms with E-state index in [0.29, 0.717) is 12.1 Å². The summed E-state index contributed by atoms with van der Waals surface area (Å²) in [6, 6.07) is 1.10. The lowest BCUT2D eigenvalue weighted by Gasteiger charge is -2.20. The average molecular weight is 348 g/mol. The number of hydrogen-bond donors (Lipinski definition) is 1. The number of rotatable bonds is 5. The van der Waals surface area contributed by atoms with Crippen molar-refractivity contribution in [3.63, 3.8) is 0 Å². The van der Waals surface area contributed by atoms with Gasteiger partial charge in [-0.3, -0.25) is 0 Å². The lowest BCUT2D eigenvalue weighted by atomic mass is 10.0. The van der Waals surface area contributed by atoms with Crippen molar-refractivity contribution < 1.29 is 40.0 Å². The molecule has 126 valence electrons. The van der Waals surface area contributed by atoms with Gasteiger partial charge in [0.2, 0.25) is 0 Å². The molecule has 1 rings (SSSR count). The van der Waals surface area contributed by atoms with E-state index in [9.17, 15) is 31.1 Å². The summed E-state index contributed by atoms with van der Waals surface area (Å²) in [5, 5.41) is 0. The molecule has 0 unspecified atom stereocenters. The van der Waals surface area contributed by atoms with Gasteiger partial charge in [0.1, 0.15) is 0 Å². The first-order valence-electron chi connectivity index (χ1n) is 6.02. The van der Waals surface area contributed by atoms with Gasteiger partial charge < -0.3 is 13.6 Å². The van der Waals surface area contributed by atoms with Gasteiger partial charge >= 0.3 is 21.2 Å². The molecule has 22 heavy (non-hydrogen) atoms. The van der Waals surface area contributed by atoms with E-state index < -0.39 is 32.3 Å². The van der Waals surface area contributed by atoms with Crippen molar-refractivity contribution >= 4 is 8.80 Å². The molecule has 1 aromatic rings. The van der Waals surface area contributed by atoms with Crippen LogP contribution in [0.4, 0.5) is 26.3 Å². The summed E-state index contributed by atoms with van der Waals surface area (Å²) >= 11 is 0. The van der Waals surface area contributed by atoms with Crippen molar-refractivity contribution in [2.24, 2.45) is 0 Å². The van der Waals surface area contributed by atoms with Gasteiger partial charge in [0.05, 0.1) is 11.1 Å². The molecular formula is C12H14F6O3Si. The molecule has 0 aliphatic rings. The summed E-state index contributed by atoms with van der Waals surface area (Å²) in [5.41, 5.74) is -2.99. The van der Waals surface area contributed by atoms with Gasteiger partial charge in [-0.15, -0.1) is 0 Å². The molecule has 0 heterocycles. The highest BCUT2D eigenvalue weighted by molar-refractivity contribution is 6.59. The Labute approximate surface area is 123 Å². The van der Waals surface area contributed by atoms with Gasteiger partial charge in [0.15, 0.2) is 0 Å². The zero-order valence-electron chi connectivity index (χ0n) is 11.7. The second kappa shape index (κ2) is 6.57. The monoisotopic (exact) mass is 348 g/mol. The molecule has 0 spiro atoms. The maximum atomic E-state index is 12.7. The molecule has 3 nitrogen and oxygen atoms in total. The van der Waals surface area contributed by atoms with Crippen molar-refractivity contribution in [1.29, 1.82) is 0 Å². The van der Waals surface area contributed by atoms with Crippen LogP contribution in [-0.2, 0) is 27.6 Å². The Hall–Kier alpha value is -1.10. The number of aryl methyl sites for hydroxylation is 1. The van der Waals surface area contributed by atoms with Crippen molar-refractivity contribution in [2.45, 2.75) is 24.8 Å². The number of alkyl halides is 6. The predicted molar refractivity (Wildman–Crippen MR) is 66.9 cm³/mol. The second-order valence-electron chi connectivity index (χ2n) is 4.54. The first-order valence-corrected chi connectivity index (χ1v) is 7.99. The number of hydrogen-bond acceptors (Lipinski definition) is 3. The molecule has 0 atom stereocenters. The SMILES string of the molecule is CO[Si](O)(CCc1cc(C(F)(F)F)cc(C(F)(F)F)c1)OC. The van der Waals surface area contributed by atoms with Crippen LogP contribution in [-0.4, -0.2) is 27.8 Å². The third-order valence-electron chi connectivity index (χ3n) is 3.01. The molecule has 1 N–H and O–H groups in total. The van der Waals surface area contributed by atoms with Crippen LogP contribution in [0.1, 0.15) is 16.7 Å². The molecule has 0 radical (unpaired) electrons. The van der Waals surface area contributed by atoms with Gasteiger partial charge in [-0.25, -0.2) is 0 Å². The Balaban J connectivity index is 3.14. The van der Waals surface area contributed by atoms with Crippen LogP contribution in [0.2, 0.25) is 6.04 Å². The van der Waals surface area contributed by atoms with E-state index in [0.717, 1.165) is 14.2 Å². The molecule has 0 saturated heterocycles. The standard InChI is InChI=1S/C12H14F6O3Si/c1-20-22(19,21-2)4-3-8-5-9(11(13,14)15)7-10(6-8)12(16,17)18/h5-7,19H,3-4H2,1-2H3. The van der Waals surface area contributed by atoms with E-state index in [2.05, 4.69) is 0 Å². The van der Waals surface area contributed by atoms with Gasteiger partial charge in [-0.2, -0.15) is 26.3 Å². The molecule has 0 aliphatic heterocycles. The maximum Gasteiger partial charge on any atom is 0.498 e. The fourth-order valence-electron chi connectivity index (χ4n) is 1.75. The molecule has 0 saturated carbocycles. The molecule has 0 fully saturated rings. The largest absolute Gasteiger partial charge is 0.498 e. The van der Waals surface area contributed by atoms with Crippen LogP contribution in [0, 0.1) is 0 Å². The van der Waals surface area contributed by atoms with E-state index in [1.807, 2.05) is 0 Å². The Kier molecular flexibility index (Phi) is 5.65. The fourth-order valence-corrected chi connectivity index (χ4v) is 2.93. The zero-order chi connectivity index (χ0) is 17.2. The van der Waals surface area contributed by atoms with E-state index >= 15 is 0 Å². The summed E-state index contributed by atoms with van der Waals surface area (Å²) in [4.78, 5) is 9.80. The number of benzene rings is 1. The van der Waals surface area contributed by atoms with Crippen LogP contribution in [0.15, 0.2) is 18.2 Å². The molecule has 0 aliphatic carbocycles. The fraction of sp³-hybridized carbons (Fsp3) is 0.500. The highest BCUT2D eigenvalue weighted by Gasteiger charge is 2.38. The van der Waals surface area contributed by atoms with Crippen LogP contribution in [0.3, 0.4) is 0 Å². The van der Waals surface area contributed by atoms with E-state index in [-0.39, 0.29) is 24.1 Å². The van der Waals surface area contributed by atoms with Gasteiger partial charge in [-0.1, -0.05) is 0 Å². The van der Waals surface area contributed by atoms with Crippen molar-refractivity contribution in [3.8, 4) is 0 Å². The Morgan fingerprint density at radius 3 is 1.64 bits per heavy atom. The van der Waals surface area contributed by atoms with Crippen molar-refractivity contribution in [3.05, 3.63) is 34.9 Å². The summed E-state index contributed by atoms with van der Waals surface area (Å²) in [5.74, 6) is 0. The number of halogens is 6. The van der Waals surface area contributed by atoms with Crippen molar-refractivity contribution in [2.75, 3.05) is 14.2 Å². The van der Waals surface area contributed by atoms with Gasteiger partial charge in [0, 0.05) is 20.3 Å². The van der Waals surface area contributed by atoms with Crippen LogP contribution >= 0.6 is 0 Å². The van der Waals surface area contributed by atoms with Gasteiger partial charge in [-0.05, 0) is 30.2 Å². The third kappa shape index (κ3) is 4.97. The molecule has 10 heteroatoms. The summed E-state index contributed by atoms with van der Waals surface area (Å²) in [6.45, 7) is 0. The van der Waals surface area contributed by atoms with Crippen molar-refractivity contribution in [1.82, 2.24) is 0 Å². The third-order valence-corrected chi connectivity index (χ3v) is 5.17. The minimum atomic E-state index is -4.90. The quantitative estimate of drug-likeness (QED) is 0.654. The highest BCUT2D eigenvalue weighted by Crippen LogP contribution is 2.36. The summed E-state index contributed by atoms with van der Waals surface area (Å²) in [6.07, 6.45) is -10.0. The first kappa shape index (κ1) is 18.9. The van der Waals surface area contributed by atoms with Crippen LogP contribution < -0.4 is 0 Å². The maximum absolute atomic E-state index is 12.7. The normalized spacial score (nSPS) is 13.5. The molecular weight excluding hydrogens is 334 g/mol.